The van der Waals surface area contributed by atoms with Crippen molar-refractivity contribution in [3.05, 3.63) is 63.0 Å². The number of nitrogens with one attached hydrogen (secondary N) is 1. The lowest BCUT2D eigenvalue weighted by atomic mass is 10.1. The molecule has 0 fully saturated rings. The van der Waals surface area contributed by atoms with Crippen LogP contribution in [0.2, 0.25) is 10.0 Å². The van der Waals surface area contributed by atoms with Gasteiger partial charge in [0.1, 0.15) is 0 Å². The van der Waals surface area contributed by atoms with Gasteiger partial charge in [0.2, 0.25) is 5.91 Å². The van der Waals surface area contributed by atoms with E-state index in [0.29, 0.717) is 26.2 Å². The number of hydrogen-bond donors (Lipinski definition) is 1. The molecule has 0 aliphatic carbocycles. The summed E-state index contributed by atoms with van der Waals surface area (Å²) in [6, 6.07) is 11.5. The molecule has 2 aromatic heterocycles. The zero-order valence-corrected chi connectivity index (χ0v) is 20.7. The molecule has 0 atom stereocenters. The lowest BCUT2D eigenvalue weighted by molar-refractivity contribution is -0.113. The van der Waals surface area contributed by atoms with Crippen molar-refractivity contribution >= 4 is 57.3 Å². The topological polar surface area (TPSA) is 72.7 Å². The van der Waals surface area contributed by atoms with Gasteiger partial charge in [0, 0.05) is 23.6 Å². The number of carbonyl (C=O) groups excluding carboxylic acids is 1. The van der Waals surface area contributed by atoms with Gasteiger partial charge >= 0.3 is 0 Å². The van der Waals surface area contributed by atoms with Gasteiger partial charge in [-0.2, -0.15) is 0 Å². The van der Waals surface area contributed by atoms with Crippen LogP contribution < -0.4 is 5.32 Å². The number of halogens is 2. The second-order valence-electron chi connectivity index (χ2n) is 7.17. The zero-order valence-electron chi connectivity index (χ0n) is 17.5. The van der Waals surface area contributed by atoms with Crippen LogP contribution in [0.5, 0.6) is 0 Å². The lowest BCUT2D eigenvalue weighted by Gasteiger charge is -2.05. The molecule has 4 aromatic rings. The van der Waals surface area contributed by atoms with Crippen LogP contribution in [0.15, 0.2) is 46.9 Å². The molecule has 4 rings (SSSR count). The quantitative estimate of drug-likeness (QED) is 0.314. The summed E-state index contributed by atoms with van der Waals surface area (Å²) in [6.45, 7) is 4.15. The molecule has 1 amide bonds. The number of anilines is 1. The number of thioether (sulfide) groups is 1. The van der Waals surface area contributed by atoms with Crippen molar-refractivity contribution < 1.29 is 4.79 Å². The average molecular weight is 504 g/mol. The van der Waals surface area contributed by atoms with Gasteiger partial charge in [0.25, 0.3) is 0 Å². The first-order chi connectivity index (χ1) is 15.3. The summed E-state index contributed by atoms with van der Waals surface area (Å²) in [7, 11) is 1.84. The molecule has 10 heteroatoms. The van der Waals surface area contributed by atoms with Gasteiger partial charge in [-0.1, -0.05) is 47.1 Å². The normalized spacial score (nSPS) is 11.0. The molecule has 32 heavy (non-hydrogen) atoms. The van der Waals surface area contributed by atoms with Gasteiger partial charge in [-0.3, -0.25) is 4.79 Å². The molecule has 0 aliphatic heterocycles. The number of aryl methyl sites for hydroxylation is 2. The highest BCUT2D eigenvalue weighted by atomic mass is 35.5. The van der Waals surface area contributed by atoms with Crippen LogP contribution in [0.4, 0.5) is 5.13 Å². The predicted molar refractivity (Wildman–Crippen MR) is 133 cm³/mol. The predicted octanol–water partition coefficient (Wildman–Crippen LogP) is 6.26. The van der Waals surface area contributed by atoms with Crippen LogP contribution in [0.3, 0.4) is 0 Å². The fourth-order valence-electron chi connectivity index (χ4n) is 2.98. The Labute approximate surface area is 204 Å². The summed E-state index contributed by atoms with van der Waals surface area (Å²) >= 11 is 14.8. The van der Waals surface area contributed by atoms with E-state index in [1.807, 2.05) is 29.1 Å². The molecule has 164 valence electrons. The Hall–Kier alpha value is -2.39. The first kappa shape index (κ1) is 22.8. The van der Waals surface area contributed by atoms with E-state index in [1.54, 1.807) is 12.1 Å². The third-order valence-electron chi connectivity index (χ3n) is 4.90. The molecule has 0 unspecified atom stereocenters. The number of hydrogen-bond acceptors (Lipinski definition) is 6. The van der Waals surface area contributed by atoms with E-state index in [9.17, 15) is 4.79 Å². The Kier molecular flexibility index (Phi) is 6.85. The minimum atomic E-state index is -0.157. The Morgan fingerprint density at radius 2 is 1.84 bits per heavy atom. The van der Waals surface area contributed by atoms with Crippen LogP contribution in [0, 0.1) is 13.8 Å². The van der Waals surface area contributed by atoms with Crippen molar-refractivity contribution in [1.82, 2.24) is 19.7 Å². The Morgan fingerprint density at radius 1 is 1.06 bits per heavy atom. The summed E-state index contributed by atoms with van der Waals surface area (Å²) < 4.78 is 1.82. The molecular weight excluding hydrogens is 485 g/mol. The molecule has 2 aromatic carbocycles. The van der Waals surface area contributed by atoms with Crippen molar-refractivity contribution in [3.8, 4) is 22.6 Å². The van der Waals surface area contributed by atoms with Gasteiger partial charge in [-0.15, -0.1) is 21.5 Å². The minimum Gasteiger partial charge on any atom is -0.305 e. The maximum absolute atomic E-state index is 12.4. The monoisotopic (exact) mass is 503 g/mol. The van der Waals surface area contributed by atoms with E-state index >= 15 is 0 Å². The molecule has 2 heterocycles. The van der Waals surface area contributed by atoms with E-state index < -0.39 is 0 Å². The second kappa shape index (κ2) is 9.62. The first-order valence-electron chi connectivity index (χ1n) is 9.62. The van der Waals surface area contributed by atoms with E-state index in [4.69, 9.17) is 23.2 Å². The van der Waals surface area contributed by atoms with E-state index in [0.717, 1.165) is 16.8 Å². The Balaban J connectivity index is 1.38. The van der Waals surface area contributed by atoms with Gasteiger partial charge in [0.15, 0.2) is 16.1 Å². The molecule has 0 radical (unpaired) electrons. The number of thiazole rings is 1. The zero-order chi connectivity index (χ0) is 22.8. The Morgan fingerprint density at radius 3 is 2.59 bits per heavy atom. The van der Waals surface area contributed by atoms with Gasteiger partial charge in [0.05, 0.1) is 21.5 Å². The van der Waals surface area contributed by atoms with E-state index in [1.165, 1.54) is 34.2 Å². The van der Waals surface area contributed by atoms with Crippen LogP contribution in [0.25, 0.3) is 22.6 Å². The highest BCUT2D eigenvalue weighted by Gasteiger charge is 2.15. The molecule has 6 nitrogen and oxygen atoms in total. The van der Waals surface area contributed by atoms with Crippen LogP contribution in [-0.4, -0.2) is 31.4 Å². The van der Waals surface area contributed by atoms with Crippen molar-refractivity contribution in [2.45, 2.75) is 19.0 Å². The average Bonchev–Trinajstić information content (AvgIpc) is 3.37. The number of aromatic nitrogens is 4. The smallest absolute Gasteiger partial charge is 0.236 e. The number of benzene rings is 2. The van der Waals surface area contributed by atoms with Crippen molar-refractivity contribution in [3.63, 3.8) is 0 Å². The van der Waals surface area contributed by atoms with Crippen molar-refractivity contribution in [2.24, 2.45) is 7.05 Å². The summed E-state index contributed by atoms with van der Waals surface area (Å²) in [6.07, 6.45) is 0. The first-order valence-corrected chi connectivity index (χ1v) is 12.2. The highest BCUT2D eigenvalue weighted by Crippen LogP contribution is 2.30. The van der Waals surface area contributed by atoms with Crippen LogP contribution in [0.1, 0.15) is 11.1 Å². The highest BCUT2D eigenvalue weighted by molar-refractivity contribution is 7.99. The lowest BCUT2D eigenvalue weighted by Crippen LogP contribution is -2.14. The Bertz CT molecular complexity index is 1300. The maximum Gasteiger partial charge on any atom is 0.236 e. The van der Waals surface area contributed by atoms with Gasteiger partial charge in [-0.05, 0) is 49.2 Å². The van der Waals surface area contributed by atoms with E-state index in [-0.39, 0.29) is 11.7 Å². The number of carbonyl (C=O) groups is 1. The fraction of sp³-hybridized carbons (Fsp3) is 0.182. The van der Waals surface area contributed by atoms with E-state index in [2.05, 4.69) is 46.5 Å². The molecule has 0 saturated heterocycles. The maximum atomic E-state index is 12.4. The third kappa shape index (κ3) is 4.99. The standard InChI is InChI=1S/C22H19Cl2N5OS2/c1-12-4-5-14(8-13(12)2)18-10-31-21(25-18)26-19(30)11-32-22-28-27-20(29(22)3)15-6-7-16(23)17(24)9-15/h4-10H,11H2,1-3H3,(H,25,26,30). The van der Waals surface area contributed by atoms with Crippen molar-refractivity contribution in [1.29, 1.82) is 0 Å². The molecule has 0 aliphatic rings. The molecule has 0 spiro atoms. The summed E-state index contributed by atoms with van der Waals surface area (Å²) in [5.41, 5.74) is 5.13. The molecule has 0 bridgehead atoms. The summed E-state index contributed by atoms with van der Waals surface area (Å²) in [5, 5.41) is 15.3. The SMILES string of the molecule is Cc1ccc(-c2csc(NC(=O)CSc3nnc(-c4ccc(Cl)c(Cl)c4)n3C)n2)cc1C. The number of amides is 1. The van der Waals surface area contributed by atoms with Crippen molar-refractivity contribution in [2.75, 3.05) is 11.1 Å². The summed E-state index contributed by atoms with van der Waals surface area (Å²) in [4.78, 5) is 17.0. The third-order valence-corrected chi connectivity index (χ3v) is 7.42. The minimum absolute atomic E-state index is 0.157. The van der Waals surface area contributed by atoms with Gasteiger partial charge < -0.3 is 9.88 Å². The molecule has 0 saturated carbocycles. The van der Waals surface area contributed by atoms with Crippen LogP contribution >= 0.6 is 46.3 Å². The molecule has 1 N–H and O–H groups in total. The van der Waals surface area contributed by atoms with Gasteiger partial charge in [-0.25, -0.2) is 4.98 Å². The largest absolute Gasteiger partial charge is 0.305 e. The fourth-order valence-corrected chi connectivity index (χ4v) is 4.72. The number of nitrogens with zero attached hydrogens (tertiary/aromatic N) is 4. The summed E-state index contributed by atoms with van der Waals surface area (Å²) in [5.74, 6) is 0.672. The molecular formula is C22H19Cl2N5OS2. The number of rotatable bonds is 6. The van der Waals surface area contributed by atoms with Crippen LogP contribution in [-0.2, 0) is 11.8 Å². The second-order valence-corrected chi connectivity index (χ2v) is 9.78.